The van der Waals surface area contributed by atoms with Gasteiger partial charge in [0.15, 0.2) is 0 Å². The summed E-state index contributed by atoms with van der Waals surface area (Å²) in [5.41, 5.74) is 5.35. The number of amidine groups is 1. The fourth-order valence-corrected chi connectivity index (χ4v) is 1.10. The van der Waals surface area contributed by atoms with E-state index in [1.54, 1.807) is 6.92 Å². The Bertz CT molecular complexity index is 186. The zero-order valence-corrected chi connectivity index (χ0v) is 8.29. The normalized spacial score (nSPS) is 14.2. The number of nitrogens with two attached hydrogens (primary N) is 1. The number of nitrogens with zero attached hydrogens (tertiary/aromatic N) is 1. The highest BCUT2D eigenvalue weighted by Crippen LogP contribution is 2.09. The minimum atomic E-state index is -0.731. The van der Waals surface area contributed by atoms with Crippen LogP contribution in [-0.4, -0.2) is 23.5 Å². The fraction of sp³-hybridized carbons (Fsp3) is 0.778. The first-order valence-corrected chi connectivity index (χ1v) is 4.50. The maximum atomic E-state index is 10.3. The highest BCUT2D eigenvalue weighted by Gasteiger charge is 2.06. The lowest BCUT2D eigenvalue weighted by molar-refractivity contribution is -0.138. The summed E-state index contributed by atoms with van der Waals surface area (Å²) < 4.78 is 0. The first kappa shape index (κ1) is 11.9. The van der Waals surface area contributed by atoms with Crippen LogP contribution in [0.4, 0.5) is 0 Å². The van der Waals surface area contributed by atoms with E-state index in [2.05, 4.69) is 4.99 Å². The number of rotatable bonds is 6. The highest BCUT2D eigenvalue weighted by molar-refractivity contribution is 5.77. The largest absolute Gasteiger partial charge is 0.481 e. The molecular weight excluding hydrogens is 168 g/mol. The van der Waals surface area contributed by atoms with Gasteiger partial charge >= 0.3 is 5.97 Å². The molecule has 3 N–H and O–H groups in total. The van der Waals surface area contributed by atoms with E-state index in [0.717, 1.165) is 12.8 Å². The molecule has 0 aromatic carbocycles. The van der Waals surface area contributed by atoms with Gasteiger partial charge in [-0.15, -0.1) is 0 Å². The lowest BCUT2D eigenvalue weighted by Crippen LogP contribution is -2.07. The van der Waals surface area contributed by atoms with Crippen LogP contribution >= 0.6 is 0 Å². The maximum Gasteiger partial charge on any atom is 0.303 e. The third kappa shape index (κ3) is 8.85. The Hall–Kier alpha value is -1.06. The molecule has 0 heterocycles. The first-order valence-electron chi connectivity index (χ1n) is 4.50. The average molecular weight is 186 g/mol. The average Bonchev–Trinajstić information content (AvgIpc) is 1.96. The van der Waals surface area contributed by atoms with Crippen LogP contribution in [0.1, 0.15) is 33.1 Å². The van der Waals surface area contributed by atoms with Crippen LogP contribution in [-0.2, 0) is 4.79 Å². The fourth-order valence-electron chi connectivity index (χ4n) is 1.10. The minimum absolute atomic E-state index is 0.228. The highest BCUT2D eigenvalue weighted by atomic mass is 16.4. The second-order valence-electron chi connectivity index (χ2n) is 3.37. The van der Waals surface area contributed by atoms with Crippen LogP contribution in [0.3, 0.4) is 0 Å². The molecule has 4 nitrogen and oxygen atoms in total. The van der Waals surface area contributed by atoms with Gasteiger partial charge in [0.1, 0.15) is 0 Å². The molecule has 76 valence electrons. The van der Waals surface area contributed by atoms with Crippen LogP contribution in [0.2, 0.25) is 0 Å². The van der Waals surface area contributed by atoms with Crippen molar-refractivity contribution in [3.8, 4) is 0 Å². The third-order valence-electron chi connectivity index (χ3n) is 1.74. The quantitative estimate of drug-likeness (QED) is 0.372. The summed E-state index contributed by atoms with van der Waals surface area (Å²) in [5, 5.41) is 8.48. The van der Waals surface area contributed by atoms with E-state index in [0.29, 0.717) is 12.4 Å². The van der Waals surface area contributed by atoms with E-state index < -0.39 is 5.97 Å². The molecule has 0 unspecified atom stereocenters. The molecule has 0 spiro atoms. The van der Waals surface area contributed by atoms with E-state index in [9.17, 15) is 4.79 Å². The van der Waals surface area contributed by atoms with Crippen LogP contribution in [0, 0.1) is 5.92 Å². The van der Waals surface area contributed by atoms with Crippen LogP contribution < -0.4 is 5.73 Å². The first-order chi connectivity index (χ1) is 6.02. The number of carboxylic acids is 1. The third-order valence-corrected chi connectivity index (χ3v) is 1.74. The van der Waals surface area contributed by atoms with E-state index in [1.807, 2.05) is 6.92 Å². The molecule has 0 radical (unpaired) electrons. The molecule has 0 amide bonds. The Balaban J connectivity index is 3.42. The van der Waals surface area contributed by atoms with Gasteiger partial charge in [-0.3, -0.25) is 9.79 Å². The Morgan fingerprint density at radius 2 is 2.23 bits per heavy atom. The van der Waals surface area contributed by atoms with Gasteiger partial charge in [-0.2, -0.15) is 0 Å². The minimum Gasteiger partial charge on any atom is -0.481 e. The molecule has 0 fully saturated rings. The Morgan fingerprint density at radius 1 is 1.62 bits per heavy atom. The lowest BCUT2D eigenvalue weighted by atomic mass is 10.0. The van der Waals surface area contributed by atoms with Crippen molar-refractivity contribution in [1.82, 2.24) is 0 Å². The predicted octanol–water partition coefficient (Wildman–Crippen LogP) is 1.25. The summed E-state index contributed by atoms with van der Waals surface area (Å²) in [7, 11) is 0. The van der Waals surface area contributed by atoms with Crippen LogP contribution in [0.25, 0.3) is 0 Å². The van der Waals surface area contributed by atoms with Gasteiger partial charge in [-0.1, -0.05) is 6.92 Å². The number of carboxylic acid groups (broad SMARTS) is 1. The van der Waals surface area contributed by atoms with Crippen LogP contribution in [0.15, 0.2) is 4.99 Å². The molecule has 4 heteroatoms. The van der Waals surface area contributed by atoms with Gasteiger partial charge in [0.05, 0.1) is 5.84 Å². The van der Waals surface area contributed by atoms with Crippen molar-refractivity contribution in [2.45, 2.75) is 33.1 Å². The SMILES string of the molecule is CC(N)=NCCC[C@H](C)CC(=O)O. The van der Waals surface area contributed by atoms with E-state index in [4.69, 9.17) is 10.8 Å². The predicted molar refractivity (Wildman–Crippen MR) is 52.8 cm³/mol. The molecule has 0 bridgehead atoms. The molecule has 1 atom stereocenters. The van der Waals surface area contributed by atoms with Gasteiger partial charge in [-0.25, -0.2) is 0 Å². The number of hydrogen-bond acceptors (Lipinski definition) is 2. The van der Waals surface area contributed by atoms with Crippen molar-refractivity contribution < 1.29 is 9.90 Å². The van der Waals surface area contributed by atoms with Gasteiger partial charge in [0.2, 0.25) is 0 Å². The smallest absolute Gasteiger partial charge is 0.303 e. The van der Waals surface area contributed by atoms with Gasteiger partial charge in [0.25, 0.3) is 0 Å². The summed E-state index contributed by atoms with van der Waals surface area (Å²) in [6, 6.07) is 0. The molecule has 0 aliphatic carbocycles. The van der Waals surface area contributed by atoms with E-state index >= 15 is 0 Å². The standard InChI is InChI=1S/C9H18N2O2/c1-7(6-9(12)13)4-3-5-11-8(2)10/h7H,3-6H2,1-2H3,(H2,10,11)(H,12,13)/t7-/m0/s1. The lowest BCUT2D eigenvalue weighted by Gasteiger charge is -2.06. The van der Waals surface area contributed by atoms with Crippen molar-refractivity contribution in [2.24, 2.45) is 16.6 Å². The molecule has 0 rings (SSSR count). The molecule has 0 saturated heterocycles. The monoisotopic (exact) mass is 186 g/mol. The summed E-state index contributed by atoms with van der Waals surface area (Å²) in [5.74, 6) is 0.0858. The number of aliphatic carboxylic acids is 1. The summed E-state index contributed by atoms with van der Waals surface area (Å²) in [6.45, 7) is 4.39. The molecule has 0 aliphatic rings. The number of aliphatic imine (C=N–C) groups is 1. The number of hydrogen-bond donors (Lipinski definition) is 2. The zero-order chi connectivity index (χ0) is 10.3. The van der Waals surface area contributed by atoms with E-state index in [-0.39, 0.29) is 12.3 Å². The molecule has 0 aliphatic heterocycles. The molecule has 0 saturated carbocycles. The zero-order valence-electron chi connectivity index (χ0n) is 8.29. The van der Waals surface area contributed by atoms with Crippen molar-refractivity contribution in [3.63, 3.8) is 0 Å². The summed E-state index contributed by atoms with van der Waals surface area (Å²) >= 11 is 0. The molecular formula is C9H18N2O2. The molecule has 0 aromatic rings. The summed E-state index contributed by atoms with van der Waals surface area (Å²) in [6.07, 6.45) is 2.04. The topological polar surface area (TPSA) is 75.7 Å². The second kappa shape index (κ2) is 6.46. The number of carbonyl (C=O) groups is 1. The van der Waals surface area contributed by atoms with Gasteiger partial charge in [-0.05, 0) is 25.7 Å². The van der Waals surface area contributed by atoms with E-state index in [1.165, 1.54) is 0 Å². The van der Waals surface area contributed by atoms with Crippen molar-refractivity contribution in [3.05, 3.63) is 0 Å². The summed E-state index contributed by atoms with van der Waals surface area (Å²) in [4.78, 5) is 14.3. The Kier molecular flexibility index (Phi) is 5.93. The van der Waals surface area contributed by atoms with Gasteiger partial charge in [0, 0.05) is 13.0 Å². The second-order valence-corrected chi connectivity index (χ2v) is 3.37. The Morgan fingerprint density at radius 3 is 2.69 bits per heavy atom. The van der Waals surface area contributed by atoms with Gasteiger partial charge < -0.3 is 10.8 Å². The molecule has 0 aromatic heterocycles. The Labute approximate surface area is 78.8 Å². The van der Waals surface area contributed by atoms with Crippen molar-refractivity contribution in [2.75, 3.05) is 6.54 Å². The van der Waals surface area contributed by atoms with Crippen molar-refractivity contribution >= 4 is 11.8 Å². The maximum absolute atomic E-state index is 10.3. The van der Waals surface area contributed by atoms with Crippen molar-refractivity contribution in [1.29, 1.82) is 0 Å². The molecule has 13 heavy (non-hydrogen) atoms. The van der Waals surface area contributed by atoms with Crippen LogP contribution in [0.5, 0.6) is 0 Å².